The molecule has 1 fully saturated rings. The molecular weight excluding hydrogens is 289 g/mol. The van der Waals surface area contributed by atoms with E-state index in [0.29, 0.717) is 0 Å². The highest BCUT2D eigenvalue weighted by atomic mass is 35.5. The Kier molecular flexibility index (Phi) is 6.32. The number of hydrogen-bond donors (Lipinski definition) is 1. The van der Waals surface area contributed by atoms with Gasteiger partial charge in [-0.1, -0.05) is 12.1 Å². The molecule has 2 aromatic rings. The Hall–Kier alpha value is -0.390. The van der Waals surface area contributed by atoms with Gasteiger partial charge in [0.2, 0.25) is 0 Å². The molecule has 100 valence electrons. The summed E-state index contributed by atoms with van der Waals surface area (Å²) in [4.78, 5) is 7.13. The lowest BCUT2D eigenvalue weighted by Gasteiger charge is -2.25. The van der Waals surface area contributed by atoms with Gasteiger partial charge in [-0.25, -0.2) is 4.98 Å². The van der Waals surface area contributed by atoms with Crippen LogP contribution in [0.25, 0.3) is 10.2 Å². The summed E-state index contributed by atoms with van der Waals surface area (Å²) >= 11 is 1.82. The van der Waals surface area contributed by atoms with Crippen LogP contribution in [0.1, 0.15) is 5.01 Å². The van der Waals surface area contributed by atoms with E-state index in [2.05, 4.69) is 39.5 Å². The Morgan fingerprint density at radius 1 is 1.17 bits per heavy atom. The number of fused-ring (bicyclic) bond motifs is 1. The minimum absolute atomic E-state index is 0. The van der Waals surface area contributed by atoms with E-state index in [1.165, 1.54) is 9.71 Å². The van der Waals surface area contributed by atoms with Gasteiger partial charge in [0.25, 0.3) is 0 Å². The van der Waals surface area contributed by atoms with Gasteiger partial charge in [0, 0.05) is 26.2 Å². The maximum atomic E-state index is 4.66. The Morgan fingerprint density at radius 2 is 1.89 bits per heavy atom. The van der Waals surface area contributed by atoms with Gasteiger partial charge < -0.3 is 5.32 Å². The van der Waals surface area contributed by atoms with Crippen LogP contribution in [0.2, 0.25) is 0 Å². The standard InChI is InChI=1S/C12H15N3S.2ClH/c1-2-4-11-10(3-1)14-12(16-11)9-15-7-5-13-6-8-15;;/h1-4,13H,5-9H2;2*1H. The van der Waals surface area contributed by atoms with Gasteiger partial charge in [-0.3, -0.25) is 4.90 Å². The zero-order chi connectivity index (χ0) is 10.8. The molecule has 0 spiro atoms. The Bertz CT molecular complexity index is 450. The first kappa shape index (κ1) is 15.7. The van der Waals surface area contributed by atoms with E-state index in [9.17, 15) is 0 Å². The Morgan fingerprint density at radius 3 is 2.61 bits per heavy atom. The molecule has 0 radical (unpaired) electrons. The number of halogens is 2. The molecule has 0 aliphatic carbocycles. The molecule has 1 aliphatic rings. The largest absolute Gasteiger partial charge is 0.314 e. The maximum absolute atomic E-state index is 4.66. The molecule has 3 nitrogen and oxygen atoms in total. The smallest absolute Gasteiger partial charge is 0.108 e. The summed E-state index contributed by atoms with van der Waals surface area (Å²) in [5.41, 5.74) is 1.14. The molecule has 1 aromatic heterocycles. The van der Waals surface area contributed by atoms with Crippen LogP contribution in [0, 0.1) is 0 Å². The fourth-order valence-corrected chi connectivity index (χ4v) is 3.06. The average Bonchev–Trinajstić information content (AvgIpc) is 2.72. The number of aromatic nitrogens is 1. The van der Waals surface area contributed by atoms with Crippen LogP contribution in [-0.4, -0.2) is 36.1 Å². The normalized spacial score (nSPS) is 16.0. The second kappa shape index (κ2) is 7.26. The molecule has 1 saturated heterocycles. The molecule has 0 amide bonds. The molecular formula is C12H17Cl2N3S. The van der Waals surface area contributed by atoms with E-state index in [-0.39, 0.29) is 24.8 Å². The fourth-order valence-electron chi connectivity index (χ4n) is 2.05. The van der Waals surface area contributed by atoms with Crippen LogP contribution < -0.4 is 5.32 Å². The topological polar surface area (TPSA) is 28.2 Å². The van der Waals surface area contributed by atoms with E-state index in [0.717, 1.165) is 38.2 Å². The van der Waals surface area contributed by atoms with Gasteiger partial charge >= 0.3 is 0 Å². The third-order valence-electron chi connectivity index (χ3n) is 2.91. The lowest BCUT2D eigenvalue weighted by atomic mass is 10.3. The molecule has 1 aromatic carbocycles. The number of benzene rings is 1. The van der Waals surface area contributed by atoms with Crippen LogP contribution in [0.4, 0.5) is 0 Å². The second-order valence-corrected chi connectivity index (χ2v) is 5.22. The molecule has 3 rings (SSSR count). The number of hydrogen-bond acceptors (Lipinski definition) is 4. The molecule has 18 heavy (non-hydrogen) atoms. The lowest BCUT2D eigenvalue weighted by molar-refractivity contribution is 0.233. The van der Waals surface area contributed by atoms with Gasteiger partial charge in [0.1, 0.15) is 5.01 Å². The number of nitrogens with one attached hydrogen (secondary N) is 1. The third kappa shape index (κ3) is 3.56. The molecule has 1 aliphatic heterocycles. The van der Waals surface area contributed by atoms with Crippen molar-refractivity contribution >= 4 is 46.4 Å². The van der Waals surface area contributed by atoms with Crippen molar-refractivity contribution in [1.82, 2.24) is 15.2 Å². The van der Waals surface area contributed by atoms with Gasteiger partial charge in [0.15, 0.2) is 0 Å². The van der Waals surface area contributed by atoms with Crippen molar-refractivity contribution in [3.8, 4) is 0 Å². The highest BCUT2D eigenvalue weighted by Gasteiger charge is 2.12. The summed E-state index contributed by atoms with van der Waals surface area (Å²) in [6, 6.07) is 8.37. The molecule has 0 saturated carbocycles. The van der Waals surface area contributed by atoms with Crippen molar-refractivity contribution in [2.75, 3.05) is 26.2 Å². The van der Waals surface area contributed by atoms with Crippen molar-refractivity contribution in [3.63, 3.8) is 0 Å². The number of piperazine rings is 1. The average molecular weight is 306 g/mol. The second-order valence-electron chi connectivity index (χ2n) is 4.10. The third-order valence-corrected chi connectivity index (χ3v) is 3.93. The number of thiazole rings is 1. The first-order chi connectivity index (χ1) is 7.92. The van der Waals surface area contributed by atoms with Crippen molar-refractivity contribution < 1.29 is 0 Å². The van der Waals surface area contributed by atoms with Crippen LogP contribution >= 0.6 is 36.2 Å². The molecule has 0 unspecified atom stereocenters. The van der Waals surface area contributed by atoms with Crippen molar-refractivity contribution in [2.24, 2.45) is 0 Å². The first-order valence-electron chi connectivity index (χ1n) is 5.69. The van der Waals surface area contributed by atoms with E-state index in [4.69, 9.17) is 0 Å². The minimum atomic E-state index is 0. The van der Waals surface area contributed by atoms with Crippen molar-refractivity contribution in [1.29, 1.82) is 0 Å². The van der Waals surface area contributed by atoms with Crippen LogP contribution in [0.5, 0.6) is 0 Å². The summed E-state index contributed by atoms with van der Waals surface area (Å²) in [7, 11) is 0. The molecule has 1 N–H and O–H groups in total. The molecule has 6 heteroatoms. The van der Waals surface area contributed by atoms with E-state index >= 15 is 0 Å². The molecule has 0 bridgehead atoms. The summed E-state index contributed by atoms with van der Waals surface area (Å²) in [6.07, 6.45) is 0. The lowest BCUT2D eigenvalue weighted by Crippen LogP contribution is -2.42. The van der Waals surface area contributed by atoms with E-state index < -0.39 is 0 Å². The van der Waals surface area contributed by atoms with Gasteiger partial charge in [-0.2, -0.15) is 0 Å². The number of nitrogens with zero attached hydrogens (tertiary/aromatic N) is 2. The van der Waals surface area contributed by atoms with Crippen LogP contribution in [0.3, 0.4) is 0 Å². The zero-order valence-corrected chi connectivity index (χ0v) is 12.4. The highest BCUT2D eigenvalue weighted by molar-refractivity contribution is 7.18. The number of rotatable bonds is 2. The summed E-state index contributed by atoms with van der Waals surface area (Å²) in [6.45, 7) is 5.47. The number of para-hydroxylation sites is 1. The van der Waals surface area contributed by atoms with E-state index in [1.54, 1.807) is 0 Å². The zero-order valence-electron chi connectivity index (χ0n) is 9.96. The fraction of sp³-hybridized carbons (Fsp3) is 0.417. The van der Waals surface area contributed by atoms with Crippen molar-refractivity contribution in [3.05, 3.63) is 29.3 Å². The SMILES string of the molecule is Cl.Cl.c1ccc2sc(CN3CCNCC3)nc2c1. The molecule has 0 atom stereocenters. The monoisotopic (exact) mass is 305 g/mol. The predicted octanol–water partition coefficient (Wildman–Crippen LogP) is 2.55. The quantitative estimate of drug-likeness (QED) is 0.924. The Labute approximate surface area is 123 Å². The molecule has 2 heterocycles. The van der Waals surface area contributed by atoms with Crippen LogP contribution in [-0.2, 0) is 6.54 Å². The van der Waals surface area contributed by atoms with E-state index in [1.807, 2.05) is 11.3 Å². The van der Waals surface area contributed by atoms with Gasteiger partial charge in [-0.05, 0) is 12.1 Å². The van der Waals surface area contributed by atoms with Crippen LogP contribution in [0.15, 0.2) is 24.3 Å². The summed E-state index contributed by atoms with van der Waals surface area (Å²) < 4.78 is 1.30. The first-order valence-corrected chi connectivity index (χ1v) is 6.51. The predicted molar refractivity (Wildman–Crippen MR) is 82.3 cm³/mol. The Balaban J connectivity index is 0.000000810. The highest BCUT2D eigenvalue weighted by Crippen LogP contribution is 2.22. The van der Waals surface area contributed by atoms with Gasteiger partial charge in [-0.15, -0.1) is 36.2 Å². The summed E-state index contributed by atoms with van der Waals surface area (Å²) in [5.74, 6) is 0. The summed E-state index contributed by atoms with van der Waals surface area (Å²) in [5, 5.41) is 4.61. The van der Waals surface area contributed by atoms with Crippen molar-refractivity contribution in [2.45, 2.75) is 6.54 Å². The maximum Gasteiger partial charge on any atom is 0.108 e. The van der Waals surface area contributed by atoms with Gasteiger partial charge in [0.05, 0.1) is 16.8 Å². The minimum Gasteiger partial charge on any atom is -0.314 e.